The minimum Gasteiger partial charge on any atom is -0.385 e. The van der Waals surface area contributed by atoms with Gasteiger partial charge in [-0.3, -0.25) is 0 Å². The SMILES string of the molecule is CCNC1c2ccccc2C(C)CC1N(C)CCCOC. The number of hydrogen-bond donors (Lipinski definition) is 1. The fourth-order valence-corrected chi connectivity index (χ4v) is 3.60. The Kier molecular flexibility index (Phi) is 6.22. The molecule has 3 heteroatoms. The third-order valence-electron chi connectivity index (χ3n) is 4.69. The molecular formula is C18H30N2O. The molecule has 1 aromatic rings. The van der Waals surface area contributed by atoms with Gasteiger partial charge in [-0.25, -0.2) is 0 Å². The first-order chi connectivity index (χ1) is 10.2. The third-order valence-corrected chi connectivity index (χ3v) is 4.69. The van der Waals surface area contributed by atoms with Crippen molar-refractivity contribution < 1.29 is 4.74 Å². The van der Waals surface area contributed by atoms with E-state index < -0.39 is 0 Å². The topological polar surface area (TPSA) is 24.5 Å². The average Bonchev–Trinajstić information content (AvgIpc) is 2.50. The Morgan fingerprint density at radius 1 is 1.29 bits per heavy atom. The minimum atomic E-state index is 0.440. The van der Waals surface area contributed by atoms with Crippen molar-refractivity contribution >= 4 is 0 Å². The van der Waals surface area contributed by atoms with Crippen molar-refractivity contribution in [3.05, 3.63) is 35.4 Å². The molecule has 3 nitrogen and oxygen atoms in total. The lowest BCUT2D eigenvalue weighted by Gasteiger charge is -2.42. The van der Waals surface area contributed by atoms with Gasteiger partial charge >= 0.3 is 0 Å². The summed E-state index contributed by atoms with van der Waals surface area (Å²) in [5.74, 6) is 0.631. The van der Waals surface area contributed by atoms with Gasteiger partial charge in [0.1, 0.15) is 0 Å². The maximum Gasteiger partial charge on any atom is 0.0481 e. The van der Waals surface area contributed by atoms with Crippen LogP contribution in [0.2, 0.25) is 0 Å². The van der Waals surface area contributed by atoms with Crippen molar-refractivity contribution in [1.82, 2.24) is 10.2 Å². The van der Waals surface area contributed by atoms with Crippen LogP contribution in [0.3, 0.4) is 0 Å². The monoisotopic (exact) mass is 290 g/mol. The molecule has 1 aliphatic carbocycles. The summed E-state index contributed by atoms with van der Waals surface area (Å²) in [4.78, 5) is 2.51. The molecule has 0 saturated carbocycles. The molecule has 1 N–H and O–H groups in total. The highest BCUT2D eigenvalue weighted by molar-refractivity contribution is 5.36. The van der Waals surface area contributed by atoms with Crippen LogP contribution < -0.4 is 5.32 Å². The molecule has 0 saturated heterocycles. The number of methoxy groups -OCH3 is 1. The van der Waals surface area contributed by atoms with Crippen LogP contribution in [0.15, 0.2) is 24.3 Å². The fourth-order valence-electron chi connectivity index (χ4n) is 3.60. The van der Waals surface area contributed by atoms with Crippen molar-refractivity contribution in [3.8, 4) is 0 Å². The Bertz CT molecular complexity index is 435. The van der Waals surface area contributed by atoms with Crippen molar-refractivity contribution in [3.63, 3.8) is 0 Å². The molecule has 1 aromatic carbocycles. The van der Waals surface area contributed by atoms with E-state index in [-0.39, 0.29) is 0 Å². The molecule has 0 heterocycles. The van der Waals surface area contributed by atoms with Crippen LogP contribution >= 0.6 is 0 Å². The van der Waals surface area contributed by atoms with Crippen molar-refractivity contribution in [2.75, 3.05) is 33.9 Å². The van der Waals surface area contributed by atoms with Gasteiger partial charge in [-0.1, -0.05) is 38.1 Å². The van der Waals surface area contributed by atoms with Gasteiger partial charge in [-0.15, -0.1) is 0 Å². The minimum absolute atomic E-state index is 0.440. The Morgan fingerprint density at radius 2 is 2.00 bits per heavy atom. The second-order valence-electron chi connectivity index (χ2n) is 6.20. The van der Waals surface area contributed by atoms with Gasteiger partial charge in [-0.05, 0) is 43.5 Å². The number of rotatable bonds is 7. The van der Waals surface area contributed by atoms with Crippen LogP contribution in [-0.4, -0.2) is 44.8 Å². The van der Waals surface area contributed by atoms with Crippen LogP contribution in [0.1, 0.15) is 49.8 Å². The van der Waals surface area contributed by atoms with E-state index in [9.17, 15) is 0 Å². The fraction of sp³-hybridized carbons (Fsp3) is 0.667. The Morgan fingerprint density at radius 3 is 2.67 bits per heavy atom. The summed E-state index contributed by atoms with van der Waals surface area (Å²) in [6.45, 7) is 7.50. The Balaban J connectivity index is 2.17. The lowest BCUT2D eigenvalue weighted by Crippen LogP contribution is -2.46. The lowest BCUT2D eigenvalue weighted by atomic mass is 9.77. The van der Waals surface area contributed by atoms with E-state index in [2.05, 4.69) is 55.4 Å². The summed E-state index contributed by atoms with van der Waals surface area (Å²) in [5, 5.41) is 3.71. The molecule has 2 rings (SSSR count). The van der Waals surface area contributed by atoms with E-state index in [0.29, 0.717) is 18.0 Å². The molecule has 21 heavy (non-hydrogen) atoms. The molecule has 118 valence electrons. The normalized spacial score (nSPS) is 25.1. The molecular weight excluding hydrogens is 260 g/mol. The molecule has 0 aromatic heterocycles. The molecule has 0 radical (unpaired) electrons. The van der Waals surface area contributed by atoms with E-state index in [1.54, 1.807) is 7.11 Å². The van der Waals surface area contributed by atoms with Gasteiger partial charge in [0.2, 0.25) is 0 Å². The quantitative estimate of drug-likeness (QED) is 0.781. The van der Waals surface area contributed by atoms with Gasteiger partial charge in [-0.2, -0.15) is 0 Å². The van der Waals surface area contributed by atoms with Crippen LogP contribution in [-0.2, 0) is 4.74 Å². The zero-order chi connectivity index (χ0) is 15.2. The summed E-state index contributed by atoms with van der Waals surface area (Å²) in [6, 6.07) is 9.94. The Hall–Kier alpha value is -0.900. The summed E-state index contributed by atoms with van der Waals surface area (Å²) in [6.07, 6.45) is 2.32. The molecule has 0 bridgehead atoms. The van der Waals surface area contributed by atoms with Crippen molar-refractivity contribution in [2.45, 2.75) is 44.7 Å². The summed E-state index contributed by atoms with van der Waals surface area (Å²) in [5.41, 5.74) is 3.01. The van der Waals surface area contributed by atoms with Crippen molar-refractivity contribution in [1.29, 1.82) is 0 Å². The second kappa shape index (κ2) is 7.92. The highest BCUT2D eigenvalue weighted by Crippen LogP contribution is 2.39. The number of nitrogens with one attached hydrogen (secondary N) is 1. The predicted molar refractivity (Wildman–Crippen MR) is 88.8 cm³/mol. The number of benzene rings is 1. The summed E-state index contributed by atoms with van der Waals surface area (Å²) < 4.78 is 5.19. The second-order valence-corrected chi connectivity index (χ2v) is 6.20. The molecule has 1 aliphatic rings. The number of nitrogens with zero attached hydrogens (tertiary/aromatic N) is 1. The van der Waals surface area contributed by atoms with Crippen LogP contribution in [0.25, 0.3) is 0 Å². The van der Waals surface area contributed by atoms with Gasteiger partial charge in [0, 0.05) is 32.3 Å². The van der Waals surface area contributed by atoms with E-state index in [1.807, 2.05) is 0 Å². The van der Waals surface area contributed by atoms with Gasteiger partial charge in [0.15, 0.2) is 0 Å². The van der Waals surface area contributed by atoms with E-state index in [4.69, 9.17) is 4.74 Å². The molecule has 0 aliphatic heterocycles. The smallest absolute Gasteiger partial charge is 0.0481 e. The van der Waals surface area contributed by atoms with Crippen LogP contribution in [0, 0.1) is 0 Å². The number of likely N-dealkylation sites (N-methyl/N-ethyl adjacent to an activating group) is 2. The van der Waals surface area contributed by atoms with Gasteiger partial charge in [0.05, 0.1) is 0 Å². The zero-order valence-electron chi connectivity index (χ0n) is 13.9. The predicted octanol–water partition coefficient (Wildman–Crippen LogP) is 3.18. The highest BCUT2D eigenvalue weighted by atomic mass is 16.5. The molecule has 0 amide bonds. The summed E-state index contributed by atoms with van der Waals surface area (Å²) >= 11 is 0. The van der Waals surface area contributed by atoms with E-state index >= 15 is 0 Å². The average molecular weight is 290 g/mol. The molecule has 0 fully saturated rings. The van der Waals surface area contributed by atoms with Crippen LogP contribution in [0.4, 0.5) is 0 Å². The first-order valence-electron chi connectivity index (χ1n) is 8.20. The van der Waals surface area contributed by atoms with E-state index in [1.165, 1.54) is 17.5 Å². The van der Waals surface area contributed by atoms with Crippen molar-refractivity contribution in [2.24, 2.45) is 0 Å². The molecule has 3 atom stereocenters. The number of hydrogen-bond acceptors (Lipinski definition) is 3. The largest absolute Gasteiger partial charge is 0.385 e. The van der Waals surface area contributed by atoms with Crippen LogP contribution in [0.5, 0.6) is 0 Å². The Labute approximate surface area is 129 Å². The maximum atomic E-state index is 5.19. The molecule has 0 spiro atoms. The van der Waals surface area contributed by atoms with Gasteiger partial charge in [0.25, 0.3) is 0 Å². The van der Waals surface area contributed by atoms with E-state index in [0.717, 1.165) is 26.1 Å². The maximum absolute atomic E-state index is 5.19. The number of fused-ring (bicyclic) bond motifs is 1. The highest BCUT2D eigenvalue weighted by Gasteiger charge is 2.34. The molecule has 3 unspecified atom stereocenters. The number of ether oxygens (including phenoxy) is 1. The third kappa shape index (κ3) is 3.85. The first kappa shape index (κ1) is 16.5. The summed E-state index contributed by atoms with van der Waals surface area (Å²) in [7, 11) is 4.03. The zero-order valence-corrected chi connectivity index (χ0v) is 13.9. The van der Waals surface area contributed by atoms with Gasteiger partial charge < -0.3 is 15.0 Å². The first-order valence-corrected chi connectivity index (χ1v) is 8.20. The standard InChI is InChI=1S/C18H30N2O/c1-5-19-18-16-10-7-6-9-15(16)14(2)13-17(18)20(3)11-8-12-21-4/h6-7,9-10,14,17-19H,5,8,11-13H2,1-4H3. The lowest BCUT2D eigenvalue weighted by molar-refractivity contribution is 0.136.